The molecule has 1 saturated carbocycles. The van der Waals surface area contributed by atoms with Crippen molar-refractivity contribution in [3.05, 3.63) is 0 Å². The van der Waals surface area contributed by atoms with Crippen molar-refractivity contribution in [3.63, 3.8) is 0 Å². The molecule has 2 atom stereocenters. The van der Waals surface area contributed by atoms with E-state index in [1.54, 1.807) is 7.05 Å². The minimum absolute atomic E-state index is 0. The maximum absolute atomic E-state index is 11.5. The van der Waals surface area contributed by atoms with Crippen LogP contribution in [0.1, 0.15) is 53.4 Å². The molecule has 6 nitrogen and oxygen atoms in total. The normalized spacial score (nSPS) is 21.5. The fraction of sp³-hybridized carbons (Fsp3) is 0.882. The molecule has 0 spiro atoms. The van der Waals surface area contributed by atoms with Crippen molar-refractivity contribution in [2.45, 2.75) is 59.0 Å². The number of ether oxygens (including phenoxy) is 1. The third-order valence-corrected chi connectivity index (χ3v) is 3.91. The van der Waals surface area contributed by atoms with Crippen LogP contribution in [0.4, 0.5) is 4.79 Å². The number of halogens is 1. The molecule has 3 N–H and O–H groups in total. The van der Waals surface area contributed by atoms with Gasteiger partial charge >= 0.3 is 6.09 Å². The van der Waals surface area contributed by atoms with E-state index in [1.807, 2.05) is 20.8 Å². The van der Waals surface area contributed by atoms with Gasteiger partial charge in [-0.2, -0.15) is 0 Å². The van der Waals surface area contributed by atoms with Gasteiger partial charge in [0.15, 0.2) is 5.96 Å². The van der Waals surface area contributed by atoms with Gasteiger partial charge in [0.05, 0.1) is 0 Å². The predicted molar refractivity (Wildman–Crippen MR) is 110 cm³/mol. The van der Waals surface area contributed by atoms with Crippen LogP contribution in [0, 0.1) is 11.8 Å². The van der Waals surface area contributed by atoms with Gasteiger partial charge < -0.3 is 20.7 Å². The minimum Gasteiger partial charge on any atom is -0.444 e. The number of hydrogen-bond acceptors (Lipinski definition) is 3. The Bertz CT molecular complexity index is 397. The van der Waals surface area contributed by atoms with Crippen LogP contribution in [0.5, 0.6) is 0 Å². The Labute approximate surface area is 164 Å². The SMILES string of the molecule is CN=C(NCCNC(=O)OC(C)(C)C)NCC1CCCC(C)C1.I. The number of nitrogens with one attached hydrogen (secondary N) is 3. The first-order chi connectivity index (χ1) is 10.8. The van der Waals surface area contributed by atoms with Crippen LogP contribution in [0.2, 0.25) is 0 Å². The van der Waals surface area contributed by atoms with Gasteiger partial charge in [0.2, 0.25) is 0 Å². The minimum atomic E-state index is -0.466. The van der Waals surface area contributed by atoms with Gasteiger partial charge in [-0.05, 0) is 45.4 Å². The van der Waals surface area contributed by atoms with Crippen molar-refractivity contribution in [1.29, 1.82) is 0 Å². The lowest BCUT2D eigenvalue weighted by Gasteiger charge is -2.27. The van der Waals surface area contributed by atoms with Crippen LogP contribution in [-0.4, -0.2) is 44.3 Å². The molecule has 0 radical (unpaired) electrons. The second kappa shape index (κ2) is 11.8. The number of rotatable bonds is 5. The van der Waals surface area contributed by atoms with Gasteiger partial charge in [-0.15, -0.1) is 24.0 Å². The molecule has 0 aromatic heterocycles. The van der Waals surface area contributed by atoms with Crippen LogP contribution in [0.3, 0.4) is 0 Å². The Morgan fingerprint density at radius 1 is 1.17 bits per heavy atom. The Morgan fingerprint density at radius 3 is 2.42 bits per heavy atom. The van der Waals surface area contributed by atoms with E-state index in [0.717, 1.165) is 24.3 Å². The standard InChI is InChI=1S/C17H34N4O2.HI/c1-13-7-6-8-14(11-13)12-21-15(18-5)19-9-10-20-16(22)23-17(2,3)4;/h13-14H,6-12H2,1-5H3,(H,20,22)(H2,18,19,21);1H. The molecule has 1 aliphatic rings. The molecule has 1 fully saturated rings. The van der Waals surface area contributed by atoms with Crippen molar-refractivity contribution in [2.75, 3.05) is 26.7 Å². The van der Waals surface area contributed by atoms with E-state index in [2.05, 4.69) is 27.9 Å². The Kier molecular flexibility index (Phi) is 11.4. The topological polar surface area (TPSA) is 74.8 Å². The van der Waals surface area contributed by atoms with Crippen LogP contribution >= 0.6 is 24.0 Å². The van der Waals surface area contributed by atoms with Crippen molar-refractivity contribution < 1.29 is 9.53 Å². The maximum atomic E-state index is 11.5. The smallest absolute Gasteiger partial charge is 0.407 e. The Morgan fingerprint density at radius 2 is 1.83 bits per heavy atom. The zero-order chi connectivity index (χ0) is 17.3. The molecule has 0 aromatic carbocycles. The molecule has 0 saturated heterocycles. The van der Waals surface area contributed by atoms with Crippen LogP contribution in [-0.2, 0) is 4.74 Å². The molecule has 0 bridgehead atoms. The van der Waals surface area contributed by atoms with Crippen molar-refractivity contribution >= 4 is 36.0 Å². The van der Waals surface area contributed by atoms with Crippen LogP contribution < -0.4 is 16.0 Å². The van der Waals surface area contributed by atoms with Gasteiger partial charge in [-0.3, -0.25) is 4.99 Å². The summed E-state index contributed by atoms with van der Waals surface area (Å²) in [6.07, 6.45) is 4.90. The molecule has 1 amide bonds. The second-order valence-corrected chi connectivity index (χ2v) is 7.45. The summed E-state index contributed by atoms with van der Waals surface area (Å²) in [6.45, 7) is 9.95. The summed E-state index contributed by atoms with van der Waals surface area (Å²) in [7, 11) is 1.76. The fourth-order valence-corrected chi connectivity index (χ4v) is 2.87. The van der Waals surface area contributed by atoms with Crippen LogP contribution in [0.15, 0.2) is 4.99 Å². The molecule has 0 heterocycles. The third kappa shape index (κ3) is 10.9. The number of hydrogen-bond donors (Lipinski definition) is 3. The first kappa shape index (κ1) is 23.3. The summed E-state index contributed by atoms with van der Waals surface area (Å²) < 4.78 is 5.18. The molecule has 24 heavy (non-hydrogen) atoms. The van der Waals surface area contributed by atoms with E-state index in [0.29, 0.717) is 13.1 Å². The average Bonchev–Trinajstić information content (AvgIpc) is 2.44. The lowest BCUT2D eigenvalue weighted by molar-refractivity contribution is 0.0529. The molecule has 1 aliphatic carbocycles. The van der Waals surface area contributed by atoms with Crippen LogP contribution in [0.25, 0.3) is 0 Å². The highest BCUT2D eigenvalue weighted by molar-refractivity contribution is 14.0. The molecule has 7 heteroatoms. The summed E-state index contributed by atoms with van der Waals surface area (Å²) in [5, 5.41) is 9.31. The first-order valence-corrected chi connectivity index (χ1v) is 8.71. The van der Waals surface area contributed by atoms with Gasteiger partial charge in [-0.1, -0.05) is 19.8 Å². The lowest BCUT2D eigenvalue weighted by Crippen LogP contribution is -2.44. The largest absolute Gasteiger partial charge is 0.444 e. The zero-order valence-electron chi connectivity index (χ0n) is 15.8. The van der Waals surface area contributed by atoms with Gasteiger partial charge in [0.1, 0.15) is 5.60 Å². The lowest BCUT2D eigenvalue weighted by atomic mass is 9.82. The monoisotopic (exact) mass is 454 g/mol. The van der Waals surface area contributed by atoms with Gasteiger partial charge in [-0.25, -0.2) is 4.79 Å². The number of guanidine groups is 1. The first-order valence-electron chi connectivity index (χ1n) is 8.71. The molecular formula is C17H35IN4O2. The highest BCUT2D eigenvalue weighted by Gasteiger charge is 2.19. The Balaban J connectivity index is 0.00000529. The number of alkyl carbamates (subject to hydrolysis) is 1. The molecule has 2 unspecified atom stereocenters. The number of carbonyl (C=O) groups is 1. The average molecular weight is 454 g/mol. The maximum Gasteiger partial charge on any atom is 0.407 e. The summed E-state index contributed by atoms with van der Waals surface area (Å²) in [4.78, 5) is 15.7. The third-order valence-electron chi connectivity index (χ3n) is 3.91. The van der Waals surface area contributed by atoms with Crippen molar-refractivity contribution in [2.24, 2.45) is 16.8 Å². The van der Waals surface area contributed by atoms with E-state index in [9.17, 15) is 4.79 Å². The number of nitrogens with zero attached hydrogens (tertiary/aromatic N) is 1. The highest BCUT2D eigenvalue weighted by atomic mass is 127. The summed E-state index contributed by atoms with van der Waals surface area (Å²) in [5.41, 5.74) is -0.466. The molecule has 0 aliphatic heterocycles. The highest BCUT2D eigenvalue weighted by Crippen LogP contribution is 2.27. The molecule has 1 rings (SSSR count). The molecule has 0 aromatic rings. The van der Waals surface area contributed by atoms with Crippen molar-refractivity contribution in [3.8, 4) is 0 Å². The number of amides is 1. The molecular weight excluding hydrogens is 419 g/mol. The van der Waals surface area contributed by atoms with Crippen molar-refractivity contribution in [1.82, 2.24) is 16.0 Å². The summed E-state index contributed by atoms with van der Waals surface area (Å²) in [5.74, 6) is 2.36. The second-order valence-electron chi connectivity index (χ2n) is 7.45. The summed E-state index contributed by atoms with van der Waals surface area (Å²) >= 11 is 0. The van der Waals surface area contributed by atoms with E-state index in [-0.39, 0.29) is 24.0 Å². The van der Waals surface area contributed by atoms with E-state index < -0.39 is 11.7 Å². The van der Waals surface area contributed by atoms with E-state index >= 15 is 0 Å². The van der Waals surface area contributed by atoms with E-state index in [1.165, 1.54) is 25.7 Å². The number of carbonyl (C=O) groups excluding carboxylic acids is 1. The Hall–Kier alpha value is -0.730. The van der Waals surface area contributed by atoms with E-state index in [4.69, 9.17) is 4.74 Å². The number of aliphatic imine (C=N–C) groups is 1. The zero-order valence-corrected chi connectivity index (χ0v) is 18.1. The predicted octanol–water partition coefficient (Wildman–Crippen LogP) is 3.12. The quantitative estimate of drug-likeness (QED) is 0.258. The van der Waals surface area contributed by atoms with Gasteiger partial charge in [0.25, 0.3) is 0 Å². The fourth-order valence-electron chi connectivity index (χ4n) is 2.87. The summed E-state index contributed by atoms with van der Waals surface area (Å²) in [6, 6.07) is 0. The van der Waals surface area contributed by atoms with Gasteiger partial charge in [0, 0.05) is 26.7 Å². The molecule has 142 valence electrons.